The van der Waals surface area contributed by atoms with E-state index in [1.165, 1.54) is 5.56 Å². The predicted molar refractivity (Wildman–Crippen MR) is 112 cm³/mol. The molecule has 1 aromatic heterocycles. The van der Waals surface area contributed by atoms with Gasteiger partial charge in [0.1, 0.15) is 0 Å². The van der Waals surface area contributed by atoms with Gasteiger partial charge in [-0.05, 0) is 32.3 Å². The van der Waals surface area contributed by atoms with E-state index < -0.39 is 0 Å². The molecule has 1 N–H and O–H groups in total. The van der Waals surface area contributed by atoms with Crippen LogP contribution in [0, 0.1) is 5.92 Å². The van der Waals surface area contributed by atoms with E-state index in [1.54, 1.807) is 0 Å². The van der Waals surface area contributed by atoms with Crippen LogP contribution in [-0.4, -0.2) is 52.4 Å². The summed E-state index contributed by atoms with van der Waals surface area (Å²) in [6, 6.07) is 10.6. The number of hydrogen-bond acceptors (Lipinski definition) is 4. The number of benzene rings is 1. The first-order chi connectivity index (χ1) is 14.0. The molecule has 156 valence electrons. The summed E-state index contributed by atoms with van der Waals surface area (Å²) in [4.78, 5) is 14.4. The normalized spacial score (nSPS) is 28.2. The fraction of sp³-hybridized carbons (Fsp3) is 0.565. The minimum absolute atomic E-state index is 0.0593. The van der Waals surface area contributed by atoms with Gasteiger partial charge in [0.05, 0.1) is 24.4 Å². The summed E-state index contributed by atoms with van der Waals surface area (Å²) in [5.74, 6) is 0.433. The first kappa shape index (κ1) is 20.1. The molecule has 29 heavy (non-hydrogen) atoms. The average molecular weight is 397 g/mol. The van der Waals surface area contributed by atoms with Crippen molar-refractivity contribution in [3.8, 4) is 0 Å². The lowest BCUT2D eigenvalue weighted by atomic mass is 9.92. The summed E-state index contributed by atoms with van der Waals surface area (Å²) in [6.07, 6.45) is 6.78. The average Bonchev–Trinajstić information content (AvgIpc) is 3.42. The molecule has 2 aliphatic rings. The molecule has 0 radical (unpaired) electrons. The molecule has 0 aliphatic carbocycles. The number of likely N-dealkylation sites (tertiary alicyclic amines) is 1. The van der Waals surface area contributed by atoms with E-state index in [-0.39, 0.29) is 29.5 Å². The zero-order chi connectivity index (χ0) is 20.4. The highest BCUT2D eigenvalue weighted by atomic mass is 16.5. The SMILES string of the molecule is C[C@@H](NC[C@@H]1CC(=O)N(C)[C@H]1c1cnn(Cc2ccccc2)c1)[C@]1(C)CCCO1. The Hall–Kier alpha value is -2.18. The molecule has 2 aromatic rings. The second kappa shape index (κ2) is 8.28. The molecule has 4 atom stereocenters. The summed E-state index contributed by atoms with van der Waals surface area (Å²) < 4.78 is 7.94. The van der Waals surface area contributed by atoms with Crippen LogP contribution in [0.3, 0.4) is 0 Å². The fourth-order valence-electron chi connectivity index (χ4n) is 4.71. The molecule has 2 fully saturated rings. The lowest BCUT2D eigenvalue weighted by Gasteiger charge is -2.33. The van der Waals surface area contributed by atoms with Gasteiger partial charge in [0, 0.05) is 50.3 Å². The maximum Gasteiger partial charge on any atom is 0.223 e. The molecule has 1 aromatic carbocycles. The fourth-order valence-corrected chi connectivity index (χ4v) is 4.71. The third-order valence-corrected chi connectivity index (χ3v) is 6.73. The largest absolute Gasteiger partial charge is 0.374 e. The molecular formula is C23H32N4O2. The van der Waals surface area contributed by atoms with Gasteiger partial charge in [0.2, 0.25) is 5.91 Å². The minimum Gasteiger partial charge on any atom is -0.374 e. The Balaban J connectivity index is 1.44. The van der Waals surface area contributed by atoms with Gasteiger partial charge in [-0.1, -0.05) is 30.3 Å². The number of carbonyl (C=O) groups is 1. The van der Waals surface area contributed by atoms with Crippen molar-refractivity contribution >= 4 is 5.91 Å². The molecule has 6 nitrogen and oxygen atoms in total. The Kier molecular flexibility index (Phi) is 5.74. The van der Waals surface area contributed by atoms with Crippen LogP contribution in [0.5, 0.6) is 0 Å². The van der Waals surface area contributed by atoms with Gasteiger partial charge in [-0.15, -0.1) is 0 Å². The number of hydrogen-bond donors (Lipinski definition) is 1. The lowest BCUT2D eigenvalue weighted by molar-refractivity contribution is -0.127. The topological polar surface area (TPSA) is 59.4 Å². The first-order valence-corrected chi connectivity index (χ1v) is 10.7. The Bertz CT molecular complexity index is 828. The maximum atomic E-state index is 12.5. The van der Waals surface area contributed by atoms with Crippen LogP contribution >= 0.6 is 0 Å². The molecule has 4 rings (SSSR count). The highest BCUT2D eigenvalue weighted by Crippen LogP contribution is 2.37. The summed E-state index contributed by atoms with van der Waals surface area (Å²) in [6.45, 7) is 6.76. The number of nitrogens with one attached hydrogen (secondary N) is 1. The van der Waals surface area contributed by atoms with Crippen molar-refractivity contribution in [2.24, 2.45) is 5.92 Å². The summed E-state index contributed by atoms with van der Waals surface area (Å²) in [5, 5.41) is 8.22. The quantitative estimate of drug-likeness (QED) is 0.782. The first-order valence-electron chi connectivity index (χ1n) is 10.7. The van der Waals surface area contributed by atoms with Gasteiger partial charge in [0.15, 0.2) is 0 Å². The monoisotopic (exact) mass is 396 g/mol. The Morgan fingerprint density at radius 2 is 2.14 bits per heavy atom. The molecule has 0 spiro atoms. The molecule has 0 bridgehead atoms. The number of carbonyl (C=O) groups excluding carboxylic acids is 1. The van der Waals surface area contributed by atoms with Crippen molar-refractivity contribution < 1.29 is 9.53 Å². The Morgan fingerprint density at radius 1 is 1.34 bits per heavy atom. The number of nitrogens with zero attached hydrogens (tertiary/aromatic N) is 3. The molecule has 2 aliphatic heterocycles. The van der Waals surface area contributed by atoms with Gasteiger partial charge in [-0.2, -0.15) is 5.10 Å². The van der Waals surface area contributed by atoms with E-state index in [0.29, 0.717) is 6.42 Å². The molecule has 6 heteroatoms. The summed E-state index contributed by atoms with van der Waals surface area (Å²) in [5.41, 5.74) is 2.22. The zero-order valence-corrected chi connectivity index (χ0v) is 17.7. The van der Waals surface area contributed by atoms with Crippen LogP contribution in [-0.2, 0) is 16.1 Å². The zero-order valence-electron chi connectivity index (χ0n) is 17.7. The molecule has 0 saturated carbocycles. The number of rotatable bonds is 7. The standard InChI is InChI=1S/C23H32N4O2/c1-17(23(2)10-7-11-29-23)24-13-19-12-21(28)26(3)22(19)20-14-25-27(16-20)15-18-8-5-4-6-9-18/h4-6,8-9,14,16-17,19,22,24H,7,10-13,15H2,1-3H3/t17-,19+,22-,23+/m1/s1. The minimum atomic E-state index is -0.107. The summed E-state index contributed by atoms with van der Waals surface area (Å²) in [7, 11) is 1.91. The van der Waals surface area contributed by atoms with Crippen LogP contribution in [0.1, 0.15) is 50.3 Å². The third-order valence-electron chi connectivity index (χ3n) is 6.73. The summed E-state index contributed by atoms with van der Waals surface area (Å²) >= 11 is 0. The van der Waals surface area contributed by atoms with Gasteiger partial charge in [0.25, 0.3) is 0 Å². The van der Waals surface area contributed by atoms with Crippen molar-refractivity contribution in [2.45, 2.75) is 57.3 Å². The van der Waals surface area contributed by atoms with Crippen LogP contribution in [0.15, 0.2) is 42.7 Å². The molecule has 3 heterocycles. The van der Waals surface area contributed by atoms with Crippen molar-refractivity contribution in [2.75, 3.05) is 20.2 Å². The van der Waals surface area contributed by atoms with Crippen LogP contribution in [0.4, 0.5) is 0 Å². The van der Waals surface area contributed by atoms with Crippen LogP contribution < -0.4 is 5.32 Å². The van der Waals surface area contributed by atoms with Crippen molar-refractivity contribution in [3.63, 3.8) is 0 Å². The second-order valence-electron chi connectivity index (χ2n) is 8.77. The predicted octanol–water partition coefficient (Wildman–Crippen LogP) is 3.00. The second-order valence-corrected chi connectivity index (χ2v) is 8.77. The molecular weight excluding hydrogens is 364 g/mol. The van der Waals surface area contributed by atoms with Gasteiger partial charge in [-0.3, -0.25) is 9.48 Å². The van der Waals surface area contributed by atoms with Gasteiger partial charge in [-0.25, -0.2) is 0 Å². The van der Waals surface area contributed by atoms with Crippen molar-refractivity contribution in [3.05, 3.63) is 53.9 Å². The van der Waals surface area contributed by atoms with E-state index in [4.69, 9.17) is 4.74 Å². The van der Waals surface area contributed by atoms with Crippen LogP contribution in [0.25, 0.3) is 0 Å². The highest BCUT2D eigenvalue weighted by Gasteiger charge is 2.41. The molecule has 2 saturated heterocycles. The Morgan fingerprint density at radius 3 is 2.86 bits per heavy atom. The van der Waals surface area contributed by atoms with Gasteiger partial charge >= 0.3 is 0 Å². The van der Waals surface area contributed by atoms with E-state index in [0.717, 1.165) is 38.1 Å². The van der Waals surface area contributed by atoms with Crippen molar-refractivity contribution in [1.29, 1.82) is 0 Å². The Labute approximate surface area is 173 Å². The van der Waals surface area contributed by atoms with E-state index in [2.05, 4.69) is 42.6 Å². The number of aromatic nitrogens is 2. The van der Waals surface area contributed by atoms with Crippen molar-refractivity contribution in [1.82, 2.24) is 20.0 Å². The lowest BCUT2D eigenvalue weighted by Crippen LogP contribution is -2.48. The maximum absolute atomic E-state index is 12.5. The van der Waals surface area contributed by atoms with E-state index in [1.807, 2.05) is 41.0 Å². The number of ether oxygens (including phenoxy) is 1. The molecule has 0 unspecified atom stereocenters. The van der Waals surface area contributed by atoms with E-state index >= 15 is 0 Å². The number of amides is 1. The highest BCUT2D eigenvalue weighted by molar-refractivity contribution is 5.79. The smallest absolute Gasteiger partial charge is 0.223 e. The van der Waals surface area contributed by atoms with Gasteiger partial charge < -0.3 is 15.0 Å². The third kappa shape index (κ3) is 4.23. The van der Waals surface area contributed by atoms with Crippen LogP contribution in [0.2, 0.25) is 0 Å². The molecule has 1 amide bonds. The van der Waals surface area contributed by atoms with E-state index in [9.17, 15) is 4.79 Å².